The minimum atomic E-state index is 0. The number of hydrogen-bond donors (Lipinski definition) is 2. The summed E-state index contributed by atoms with van der Waals surface area (Å²) in [6.07, 6.45) is 6.73. The molecule has 8 heteroatoms. The Morgan fingerprint density at radius 3 is 2.67 bits per heavy atom. The third-order valence-corrected chi connectivity index (χ3v) is 4.54. The second kappa shape index (κ2) is 11.2. The average Bonchev–Trinajstić information content (AvgIpc) is 3.28. The Morgan fingerprint density at radius 2 is 2.08 bits per heavy atom. The van der Waals surface area contributed by atoms with Crippen molar-refractivity contribution >= 4 is 41.7 Å². The predicted octanol–water partition coefficient (Wildman–Crippen LogP) is 2.78. The molecule has 138 valence electrons. The Labute approximate surface area is 167 Å². The van der Waals surface area contributed by atoms with Crippen LogP contribution >= 0.6 is 35.7 Å². The van der Waals surface area contributed by atoms with E-state index in [1.807, 2.05) is 7.05 Å². The van der Waals surface area contributed by atoms with Gasteiger partial charge in [0, 0.05) is 33.1 Å². The molecule has 1 fully saturated rings. The number of nitrogens with one attached hydrogen (secondary N) is 2. The summed E-state index contributed by atoms with van der Waals surface area (Å²) in [6.45, 7) is 7.37. The Bertz CT molecular complexity index is 513. The molecule has 2 rings (SSSR count). The molecule has 1 saturated carbocycles. The molecule has 0 spiro atoms. The summed E-state index contributed by atoms with van der Waals surface area (Å²) in [4.78, 5) is 4.26. The Balaban J connectivity index is 0.00000288. The van der Waals surface area contributed by atoms with Crippen LogP contribution < -0.4 is 10.6 Å². The van der Waals surface area contributed by atoms with Gasteiger partial charge < -0.3 is 15.2 Å². The van der Waals surface area contributed by atoms with E-state index in [9.17, 15) is 0 Å². The van der Waals surface area contributed by atoms with Crippen molar-refractivity contribution in [1.82, 2.24) is 25.4 Å². The van der Waals surface area contributed by atoms with Crippen LogP contribution in [0.2, 0.25) is 0 Å². The van der Waals surface area contributed by atoms with Crippen molar-refractivity contribution in [2.24, 2.45) is 16.8 Å². The van der Waals surface area contributed by atoms with Crippen LogP contribution in [0.1, 0.15) is 38.9 Å². The van der Waals surface area contributed by atoms with Crippen LogP contribution in [0.25, 0.3) is 0 Å². The van der Waals surface area contributed by atoms with Gasteiger partial charge in [0.2, 0.25) is 0 Å². The molecule has 1 aliphatic rings. The fraction of sp³-hybridized carbons (Fsp3) is 0.812. The van der Waals surface area contributed by atoms with E-state index in [0.717, 1.165) is 55.3 Å². The van der Waals surface area contributed by atoms with Crippen molar-refractivity contribution < 1.29 is 0 Å². The van der Waals surface area contributed by atoms with Crippen molar-refractivity contribution in [2.45, 2.75) is 51.2 Å². The maximum Gasteiger partial charge on any atom is 0.190 e. The number of aliphatic imine (C=N–C) groups is 1. The summed E-state index contributed by atoms with van der Waals surface area (Å²) in [6, 6.07) is 0. The first kappa shape index (κ1) is 21.5. The summed E-state index contributed by atoms with van der Waals surface area (Å²) in [5.74, 6) is 3.45. The topological polar surface area (TPSA) is 67.1 Å². The van der Waals surface area contributed by atoms with Crippen molar-refractivity contribution in [1.29, 1.82) is 0 Å². The lowest BCUT2D eigenvalue weighted by Gasteiger charge is -2.13. The van der Waals surface area contributed by atoms with Gasteiger partial charge in [0.05, 0.1) is 0 Å². The fourth-order valence-electron chi connectivity index (χ4n) is 2.44. The standard InChI is InChI=1S/C16H30N6S.HI/c1-12(2)11-22-14(20-21-16(22)23-4)6-5-9-18-15(17-3)19-10-13-7-8-13;/h12-13H,5-11H2,1-4H3,(H2,17,18,19);1H. The normalized spacial score (nSPS) is 14.6. The average molecular weight is 466 g/mol. The molecular formula is C16H31IN6S. The van der Waals surface area contributed by atoms with Crippen molar-refractivity contribution in [3.05, 3.63) is 5.82 Å². The number of aryl methyl sites for hydroxylation is 1. The van der Waals surface area contributed by atoms with Gasteiger partial charge in [-0.2, -0.15) is 0 Å². The molecular weight excluding hydrogens is 435 g/mol. The van der Waals surface area contributed by atoms with Gasteiger partial charge in [0.25, 0.3) is 0 Å². The molecule has 0 radical (unpaired) electrons. The van der Waals surface area contributed by atoms with E-state index in [1.54, 1.807) is 11.8 Å². The van der Waals surface area contributed by atoms with Crippen LogP contribution in [0.4, 0.5) is 0 Å². The third-order valence-electron chi connectivity index (χ3n) is 3.87. The molecule has 0 atom stereocenters. The van der Waals surface area contributed by atoms with Crippen LogP contribution in [-0.4, -0.2) is 47.1 Å². The van der Waals surface area contributed by atoms with Crippen LogP contribution in [-0.2, 0) is 13.0 Å². The summed E-state index contributed by atoms with van der Waals surface area (Å²) in [5, 5.41) is 16.4. The molecule has 1 aromatic heterocycles. The first-order valence-electron chi connectivity index (χ1n) is 8.54. The number of nitrogens with zero attached hydrogens (tertiary/aromatic N) is 4. The van der Waals surface area contributed by atoms with Gasteiger partial charge in [0.15, 0.2) is 11.1 Å². The third kappa shape index (κ3) is 7.16. The summed E-state index contributed by atoms with van der Waals surface area (Å²) >= 11 is 1.67. The van der Waals surface area contributed by atoms with E-state index < -0.39 is 0 Å². The summed E-state index contributed by atoms with van der Waals surface area (Å²) in [5.41, 5.74) is 0. The Morgan fingerprint density at radius 1 is 1.33 bits per heavy atom. The van der Waals surface area contributed by atoms with E-state index in [4.69, 9.17) is 0 Å². The first-order valence-corrected chi connectivity index (χ1v) is 9.77. The highest BCUT2D eigenvalue weighted by Gasteiger charge is 2.21. The van der Waals surface area contributed by atoms with Crippen molar-refractivity contribution in [2.75, 3.05) is 26.4 Å². The van der Waals surface area contributed by atoms with E-state index in [1.165, 1.54) is 12.8 Å². The molecule has 1 heterocycles. The highest BCUT2D eigenvalue weighted by atomic mass is 127. The van der Waals surface area contributed by atoms with Crippen LogP contribution in [0.5, 0.6) is 0 Å². The smallest absolute Gasteiger partial charge is 0.190 e. The quantitative estimate of drug-likeness (QED) is 0.193. The number of guanidine groups is 1. The zero-order valence-corrected chi connectivity index (χ0v) is 18.4. The molecule has 0 amide bonds. The van der Waals surface area contributed by atoms with Gasteiger partial charge in [-0.15, -0.1) is 34.2 Å². The maximum absolute atomic E-state index is 4.36. The zero-order valence-electron chi connectivity index (χ0n) is 15.2. The molecule has 0 saturated heterocycles. The van der Waals surface area contributed by atoms with Gasteiger partial charge in [-0.1, -0.05) is 25.6 Å². The summed E-state index contributed by atoms with van der Waals surface area (Å²) < 4.78 is 2.26. The van der Waals surface area contributed by atoms with Crippen LogP contribution in [0, 0.1) is 11.8 Å². The molecule has 0 unspecified atom stereocenters. The number of rotatable bonds is 9. The Kier molecular flexibility index (Phi) is 10.0. The summed E-state index contributed by atoms with van der Waals surface area (Å²) in [7, 11) is 1.83. The van der Waals surface area contributed by atoms with E-state index in [0.29, 0.717) is 5.92 Å². The minimum absolute atomic E-state index is 0. The zero-order chi connectivity index (χ0) is 16.7. The number of hydrogen-bond acceptors (Lipinski definition) is 4. The van der Waals surface area contributed by atoms with Crippen LogP contribution in [0.3, 0.4) is 0 Å². The molecule has 0 aromatic carbocycles. The predicted molar refractivity (Wildman–Crippen MR) is 112 cm³/mol. The number of aromatic nitrogens is 3. The van der Waals surface area contributed by atoms with Crippen LogP contribution in [0.15, 0.2) is 10.1 Å². The molecule has 6 nitrogen and oxygen atoms in total. The lowest BCUT2D eigenvalue weighted by molar-refractivity contribution is 0.477. The van der Waals surface area contributed by atoms with Gasteiger partial charge >= 0.3 is 0 Å². The van der Waals surface area contributed by atoms with Crippen molar-refractivity contribution in [3.63, 3.8) is 0 Å². The second-order valence-corrected chi connectivity index (χ2v) is 7.31. The van der Waals surface area contributed by atoms with Gasteiger partial charge in [0.1, 0.15) is 5.82 Å². The van der Waals surface area contributed by atoms with Gasteiger partial charge in [-0.3, -0.25) is 4.99 Å². The van der Waals surface area contributed by atoms with E-state index >= 15 is 0 Å². The van der Waals surface area contributed by atoms with Gasteiger partial charge in [-0.05, 0) is 37.4 Å². The lowest BCUT2D eigenvalue weighted by Crippen LogP contribution is -2.38. The molecule has 1 aromatic rings. The minimum Gasteiger partial charge on any atom is -0.356 e. The van der Waals surface area contributed by atoms with Gasteiger partial charge in [-0.25, -0.2) is 0 Å². The highest BCUT2D eigenvalue weighted by Crippen LogP contribution is 2.27. The second-order valence-electron chi connectivity index (χ2n) is 6.53. The maximum atomic E-state index is 4.36. The largest absolute Gasteiger partial charge is 0.356 e. The Hall–Kier alpha value is -0.510. The number of thioether (sulfide) groups is 1. The molecule has 0 bridgehead atoms. The van der Waals surface area contributed by atoms with E-state index in [-0.39, 0.29) is 24.0 Å². The molecule has 1 aliphatic carbocycles. The first-order chi connectivity index (χ1) is 11.1. The molecule has 24 heavy (non-hydrogen) atoms. The number of halogens is 1. The fourth-order valence-corrected chi connectivity index (χ4v) is 2.96. The van der Waals surface area contributed by atoms with E-state index in [2.05, 4.69) is 50.5 Å². The highest BCUT2D eigenvalue weighted by molar-refractivity contribution is 14.0. The molecule has 2 N–H and O–H groups in total. The lowest BCUT2D eigenvalue weighted by atomic mass is 10.2. The monoisotopic (exact) mass is 466 g/mol. The molecule has 0 aliphatic heterocycles. The SMILES string of the molecule is CN=C(NCCCc1nnc(SC)n1CC(C)C)NCC1CC1.I. The van der Waals surface area contributed by atoms with Crippen molar-refractivity contribution in [3.8, 4) is 0 Å².